The smallest absolute Gasteiger partial charge is 0.179 e. The van der Waals surface area contributed by atoms with Gasteiger partial charge < -0.3 is 0 Å². The van der Waals surface area contributed by atoms with Crippen LogP contribution in [0.2, 0.25) is 5.02 Å². The lowest BCUT2D eigenvalue weighted by Crippen LogP contribution is -2.03. The zero-order chi connectivity index (χ0) is 11.5. The Morgan fingerprint density at radius 2 is 2.38 bits per heavy atom. The van der Waals surface area contributed by atoms with Crippen molar-refractivity contribution in [2.45, 2.75) is 13.3 Å². The van der Waals surface area contributed by atoms with Crippen molar-refractivity contribution in [1.29, 1.82) is 0 Å². The summed E-state index contributed by atoms with van der Waals surface area (Å²) in [5.41, 5.74) is 3.26. The molecule has 2 rings (SSSR count). The van der Waals surface area contributed by atoms with E-state index < -0.39 is 0 Å². The maximum absolute atomic E-state index is 11.9. The molecule has 0 aliphatic heterocycles. The molecule has 0 aliphatic carbocycles. The van der Waals surface area contributed by atoms with Gasteiger partial charge in [-0.1, -0.05) is 11.6 Å². The van der Waals surface area contributed by atoms with Crippen LogP contribution in [-0.4, -0.2) is 15.8 Å². The average molecular weight is 253 g/mol. The van der Waals surface area contributed by atoms with Crippen LogP contribution in [0, 0.1) is 6.92 Å². The predicted molar refractivity (Wildman–Crippen MR) is 64.1 cm³/mol. The van der Waals surface area contributed by atoms with E-state index in [9.17, 15) is 4.79 Å². The number of carbonyl (C=O) groups excluding carboxylic acids is 1. The third-order valence-electron chi connectivity index (χ3n) is 2.21. The molecule has 2 heterocycles. The fraction of sp³-hybridized carbons (Fsp3) is 0.182. The van der Waals surface area contributed by atoms with Crippen molar-refractivity contribution < 1.29 is 4.79 Å². The van der Waals surface area contributed by atoms with Crippen LogP contribution in [0.15, 0.2) is 24.0 Å². The van der Waals surface area contributed by atoms with Crippen molar-refractivity contribution in [3.63, 3.8) is 0 Å². The second kappa shape index (κ2) is 4.72. The number of nitrogens with zero attached hydrogens (tertiary/aromatic N) is 2. The van der Waals surface area contributed by atoms with Gasteiger partial charge in [-0.3, -0.25) is 9.78 Å². The highest BCUT2D eigenvalue weighted by atomic mass is 35.5. The van der Waals surface area contributed by atoms with E-state index in [0.717, 1.165) is 11.3 Å². The van der Waals surface area contributed by atoms with Crippen molar-refractivity contribution in [2.24, 2.45) is 0 Å². The molecule has 0 amide bonds. The van der Waals surface area contributed by atoms with Crippen LogP contribution in [0.3, 0.4) is 0 Å². The van der Waals surface area contributed by atoms with Gasteiger partial charge in [0.15, 0.2) is 5.78 Å². The summed E-state index contributed by atoms with van der Waals surface area (Å²) >= 11 is 7.31. The minimum absolute atomic E-state index is 0.0492. The Bertz CT molecular complexity index is 524. The van der Waals surface area contributed by atoms with Crippen LogP contribution in [0.25, 0.3) is 0 Å². The molecular formula is C11H9ClN2OS. The molecule has 0 fully saturated rings. The van der Waals surface area contributed by atoms with Crippen molar-refractivity contribution in [3.8, 4) is 0 Å². The zero-order valence-corrected chi connectivity index (χ0v) is 10.2. The third kappa shape index (κ3) is 2.28. The molecule has 82 valence electrons. The number of ketones is 1. The number of rotatable bonds is 3. The summed E-state index contributed by atoms with van der Waals surface area (Å²) in [5.74, 6) is 0.0492. The topological polar surface area (TPSA) is 42.9 Å². The molecule has 2 aromatic rings. The van der Waals surface area contributed by atoms with Gasteiger partial charge in [-0.15, -0.1) is 11.3 Å². The Morgan fingerprint density at radius 3 is 3.00 bits per heavy atom. The molecule has 16 heavy (non-hydrogen) atoms. The molecule has 0 spiro atoms. The third-order valence-corrected chi connectivity index (χ3v) is 3.52. The zero-order valence-electron chi connectivity index (χ0n) is 8.61. The van der Waals surface area contributed by atoms with Gasteiger partial charge in [-0.2, -0.15) is 0 Å². The number of carbonyl (C=O) groups is 1. The number of Topliss-reactive ketones (excluding diaryl/α,β-unsaturated/α-hetero) is 1. The molecule has 0 atom stereocenters. The maximum atomic E-state index is 11.9. The van der Waals surface area contributed by atoms with Crippen LogP contribution in [0.1, 0.15) is 20.9 Å². The average Bonchev–Trinajstić information content (AvgIpc) is 2.68. The molecule has 0 saturated carbocycles. The van der Waals surface area contributed by atoms with Gasteiger partial charge in [0.25, 0.3) is 0 Å². The molecule has 0 bridgehead atoms. The number of aromatic nitrogens is 2. The van der Waals surface area contributed by atoms with Gasteiger partial charge in [0.2, 0.25) is 0 Å². The number of pyridine rings is 1. The lowest BCUT2D eigenvalue weighted by molar-refractivity contribution is 0.0996. The first-order valence-electron chi connectivity index (χ1n) is 4.70. The molecule has 5 heteroatoms. The van der Waals surface area contributed by atoms with Crippen LogP contribution in [0.4, 0.5) is 0 Å². The summed E-state index contributed by atoms with van der Waals surface area (Å²) < 4.78 is 0. The Labute approximate surface area is 102 Å². The van der Waals surface area contributed by atoms with E-state index in [2.05, 4.69) is 9.97 Å². The van der Waals surface area contributed by atoms with Gasteiger partial charge in [-0.25, -0.2) is 4.98 Å². The van der Waals surface area contributed by atoms with Crippen LogP contribution in [0.5, 0.6) is 0 Å². The highest BCUT2D eigenvalue weighted by Crippen LogP contribution is 2.19. The van der Waals surface area contributed by atoms with E-state index in [-0.39, 0.29) is 5.78 Å². The predicted octanol–water partition coefficient (Wildman–Crippen LogP) is 2.93. The summed E-state index contributed by atoms with van der Waals surface area (Å²) in [4.78, 5) is 20.6. The number of hydrogen-bond acceptors (Lipinski definition) is 4. The lowest BCUT2D eigenvalue weighted by atomic mass is 10.1. The molecule has 0 aliphatic rings. The maximum Gasteiger partial charge on any atom is 0.179 e. The van der Waals surface area contributed by atoms with E-state index >= 15 is 0 Å². The van der Waals surface area contributed by atoms with Crippen molar-refractivity contribution >= 4 is 28.7 Å². The summed E-state index contributed by atoms with van der Waals surface area (Å²) in [6, 6.07) is 1.76. The lowest BCUT2D eigenvalue weighted by Gasteiger charge is -2.01. The first-order chi connectivity index (χ1) is 7.68. The van der Waals surface area contributed by atoms with Gasteiger partial charge in [0.1, 0.15) is 0 Å². The van der Waals surface area contributed by atoms with Crippen LogP contribution < -0.4 is 0 Å². The first-order valence-corrected chi connectivity index (χ1v) is 5.96. The second-order valence-corrected chi connectivity index (χ2v) is 4.60. The summed E-state index contributed by atoms with van der Waals surface area (Å²) in [6.07, 6.45) is 3.47. The fourth-order valence-corrected chi connectivity index (χ4v) is 2.30. The Hall–Kier alpha value is -1.26. The fourth-order valence-electron chi connectivity index (χ4n) is 1.37. The Morgan fingerprint density at radius 1 is 1.56 bits per heavy atom. The minimum Gasteiger partial charge on any atom is -0.293 e. The van der Waals surface area contributed by atoms with Gasteiger partial charge in [-0.05, 0) is 18.6 Å². The number of halogens is 1. The molecular weight excluding hydrogens is 244 g/mol. The van der Waals surface area contributed by atoms with E-state index in [1.165, 1.54) is 11.3 Å². The van der Waals surface area contributed by atoms with E-state index in [1.807, 2.05) is 6.92 Å². The summed E-state index contributed by atoms with van der Waals surface area (Å²) in [5, 5.41) is 0.526. The highest BCUT2D eigenvalue weighted by Gasteiger charge is 2.13. The van der Waals surface area contributed by atoms with Crippen molar-refractivity contribution in [1.82, 2.24) is 9.97 Å². The van der Waals surface area contributed by atoms with E-state index in [0.29, 0.717) is 16.3 Å². The minimum atomic E-state index is 0.0492. The van der Waals surface area contributed by atoms with Gasteiger partial charge >= 0.3 is 0 Å². The highest BCUT2D eigenvalue weighted by molar-refractivity contribution is 7.11. The molecule has 0 N–H and O–H groups in total. The van der Waals surface area contributed by atoms with Crippen molar-refractivity contribution in [3.05, 3.63) is 45.1 Å². The summed E-state index contributed by atoms with van der Waals surface area (Å²) in [6.45, 7) is 1.83. The summed E-state index contributed by atoms with van der Waals surface area (Å²) in [7, 11) is 0. The number of aryl methyl sites for hydroxylation is 1. The number of hydrogen-bond donors (Lipinski definition) is 0. The van der Waals surface area contributed by atoms with E-state index in [4.69, 9.17) is 11.6 Å². The van der Waals surface area contributed by atoms with E-state index in [1.54, 1.807) is 24.0 Å². The van der Waals surface area contributed by atoms with Gasteiger partial charge in [0, 0.05) is 18.8 Å². The van der Waals surface area contributed by atoms with Crippen LogP contribution >= 0.6 is 22.9 Å². The van der Waals surface area contributed by atoms with Gasteiger partial charge in [0.05, 0.1) is 21.1 Å². The second-order valence-electron chi connectivity index (χ2n) is 3.33. The molecule has 0 aromatic carbocycles. The normalized spacial score (nSPS) is 10.4. The molecule has 3 nitrogen and oxygen atoms in total. The van der Waals surface area contributed by atoms with Crippen molar-refractivity contribution in [2.75, 3.05) is 0 Å². The quantitative estimate of drug-likeness (QED) is 0.789. The first kappa shape index (κ1) is 11.2. The SMILES string of the molecule is Cc1ncsc1C(=O)Cc1ccncc1Cl. The Kier molecular flexibility index (Phi) is 3.31. The Balaban J connectivity index is 2.21. The molecule has 0 unspecified atom stereocenters. The standard InChI is InChI=1S/C11H9ClN2OS/c1-7-11(16-6-14-7)10(15)4-8-2-3-13-5-9(8)12/h2-3,5-6H,4H2,1H3. The van der Waals surface area contributed by atoms with Crippen LogP contribution in [-0.2, 0) is 6.42 Å². The molecule has 0 radical (unpaired) electrons. The monoisotopic (exact) mass is 252 g/mol. The largest absolute Gasteiger partial charge is 0.293 e. The molecule has 2 aromatic heterocycles. The molecule has 0 saturated heterocycles. The number of thiazole rings is 1.